The molecular weight excluding hydrogens is 418 g/mol. The minimum Gasteiger partial charge on any atom is -0.490 e. The molecule has 1 amide bonds. The number of hydrogen-bond donors (Lipinski definition) is 2. The van der Waals surface area contributed by atoms with E-state index in [0.717, 1.165) is 17.2 Å². The molecule has 1 aliphatic rings. The van der Waals surface area contributed by atoms with Crippen molar-refractivity contribution in [2.45, 2.75) is 18.8 Å². The summed E-state index contributed by atoms with van der Waals surface area (Å²) in [6.07, 6.45) is 3.32. The molecule has 4 N–H and O–H groups in total. The maximum atomic E-state index is 14.5. The van der Waals surface area contributed by atoms with E-state index in [9.17, 15) is 8.78 Å². The van der Waals surface area contributed by atoms with Gasteiger partial charge < -0.3 is 20.7 Å². The van der Waals surface area contributed by atoms with Gasteiger partial charge in [-0.1, -0.05) is 23.7 Å². The first-order chi connectivity index (χ1) is 14.4. The molecule has 0 radical (unpaired) electrons. The molecule has 30 heavy (non-hydrogen) atoms. The molecule has 4 rings (SSSR count). The van der Waals surface area contributed by atoms with Crippen LogP contribution in [0.5, 0.6) is 5.75 Å². The number of hydrogen-bond acceptors (Lipinski definition) is 6. The fourth-order valence-corrected chi connectivity index (χ4v) is 3.43. The van der Waals surface area contributed by atoms with Gasteiger partial charge >= 0.3 is 0 Å². The van der Waals surface area contributed by atoms with E-state index in [1.807, 2.05) is 13.0 Å². The van der Waals surface area contributed by atoms with Crippen molar-refractivity contribution in [3.05, 3.63) is 64.1 Å². The van der Waals surface area contributed by atoms with Crippen LogP contribution in [0.4, 0.5) is 8.78 Å². The van der Waals surface area contributed by atoms with E-state index in [-0.39, 0.29) is 41.1 Å². The quantitative estimate of drug-likeness (QED) is 0.478. The number of pyridine rings is 1. The monoisotopic (exact) mass is 436 g/mol. The lowest BCUT2D eigenvalue weighted by Gasteiger charge is -2.17. The summed E-state index contributed by atoms with van der Waals surface area (Å²) in [7, 11) is 0. The normalized spacial score (nSPS) is 15.6. The molecule has 1 aromatic carbocycles. The van der Waals surface area contributed by atoms with Crippen LogP contribution in [-0.2, 0) is 4.79 Å². The van der Waals surface area contributed by atoms with Gasteiger partial charge in [0.15, 0.2) is 0 Å². The second-order valence-electron chi connectivity index (χ2n) is 6.65. The Bertz CT molecular complexity index is 1050. The summed E-state index contributed by atoms with van der Waals surface area (Å²) in [6.45, 7) is 2.71. The smallest absolute Gasteiger partial charge is 0.204 e. The average Bonchev–Trinajstić information content (AvgIpc) is 3.36. The highest BCUT2D eigenvalue weighted by Gasteiger charge is 2.29. The van der Waals surface area contributed by atoms with E-state index in [1.165, 1.54) is 12.3 Å². The Morgan fingerprint density at radius 1 is 1.33 bits per heavy atom. The van der Waals surface area contributed by atoms with Gasteiger partial charge in [-0.2, -0.15) is 0 Å². The van der Waals surface area contributed by atoms with E-state index in [1.54, 1.807) is 6.20 Å². The maximum Gasteiger partial charge on any atom is 0.204 e. The van der Waals surface area contributed by atoms with Crippen LogP contribution in [0.3, 0.4) is 0 Å². The van der Waals surface area contributed by atoms with Gasteiger partial charge in [0.1, 0.15) is 29.3 Å². The molecule has 0 spiro atoms. The number of primary amides is 1. The Morgan fingerprint density at radius 2 is 2.07 bits per heavy atom. The highest BCUT2D eigenvalue weighted by atomic mass is 35.5. The van der Waals surface area contributed by atoms with Crippen LogP contribution >= 0.6 is 11.6 Å². The van der Waals surface area contributed by atoms with Gasteiger partial charge in [-0.05, 0) is 12.1 Å². The number of carbonyl (C=O) groups excluding carboxylic acids is 1. The van der Waals surface area contributed by atoms with Crippen LogP contribution in [0, 0.1) is 11.6 Å². The lowest BCUT2D eigenvalue weighted by Crippen LogP contribution is -2.15. The molecule has 1 aliphatic heterocycles. The third-order valence-electron chi connectivity index (χ3n) is 4.74. The molecule has 2 unspecified atom stereocenters. The van der Waals surface area contributed by atoms with E-state index in [2.05, 4.69) is 15.9 Å². The van der Waals surface area contributed by atoms with Crippen LogP contribution in [0.25, 0.3) is 11.3 Å². The Balaban J connectivity index is 0.000000806. The number of nitrogens with zero attached hydrogens (tertiary/aromatic N) is 2. The molecular formula is C20H19ClF2N4O3. The number of aromatic nitrogens is 2. The van der Waals surface area contributed by atoms with Crippen molar-refractivity contribution in [1.29, 1.82) is 0 Å². The molecule has 3 heterocycles. The zero-order valence-electron chi connectivity index (χ0n) is 15.9. The first kappa shape index (κ1) is 21.7. The largest absolute Gasteiger partial charge is 0.490 e. The van der Waals surface area contributed by atoms with Gasteiger partial charge in [0.25, 0.3) is 0 Å². The van der Waals surface area contributed by atoms with Crippen molar-refractivity contribution < 1.29 is 22.8 Å². The fourth-order valence-electron chi connectivity index (χ4n) is 3.27. The molecule has 0 saturated carbocycles. The SMILES string of the molecule is CC1COc2c1cc(C(CN)c1cnoc1)nc2-c1cc(Cl)c(F)cc1F.NC=O. The van der Waals surface area contributed by atoms with E-state index >= 15 is 0 Å². The first-order valence-corrected chi connectivity index (χ1v) is 9.36. The maximum absolute atomic E-state index is 14.5. The number of ether oxygens (including phenoxy) is 1. The third kappa shape index (κ3) is 4.12. The van der Waals surface area contributed by atoms with E-state index in [4.69, 9.17) is 31.4 Å². The predicted molar refractivity (Wildman–Crippen MR) is 106 cm³/mol. The minimum absolute atomic E-state index is 0.0784. The van der Waals surface area contributed by atoms with Crippen molar-refractivity contribution in [1.82, 2.24) is 10.1 Å². The second kappa shape index (κ2) is 9.19. The summed E-state index contributed by atoms with van der Waals surface area (Å²) in [6, 6.07) is 3.88. The lowest BCUT2D eigenvalue weighted by atomic mass is 9.93. The summed E-state index contributed by atoms with van der Waals surface area (Å²) in [4.78, 5) is 13.2. The van der Waals surface area contributed by atoms with Crippen LogP contribution < -0.4 is 16.2 Å². The predicted octanol–water partition coefficient (Wildman–Crippen LogP) is 3.36. The standard InChI is InChI=1S/C19H16ClF2N3O2.CH3NO/c1-9-7-26-19-11(9)3-17(13(5-23)10-6-24-27-8-10)25-18(19)12-2-14(20)16(22)4-15(12)21;2-1-3/h2-4,6,8-9,13H,5,7,23H2,1H3;1H,(H2,2,3). The average molecular weight is 437 g/mol. The minimum atomic E-state index is -0.829. The third-order valence-corrected chi connectivity index (χ3v) is 5.03. The van der Waals surface area contributed by atoms with Crippen LogP contribution in [-0.4, -0.2) is 29.7 Å². The molecule has 0 aliphatic carbocycles. The van der Waals surface area contributed by atoms with Gasteiger partial charge in [-0.15, -0.1) is 0 Å². The van der Waals surface area contributed by atoms with Gasteiger partial charge in [0.2, 0.25) is 6.41 Å². The number of halogens is 3. The summed E-state index contributed by atoms with van der Waals surface area (Å²) < 4.78 is 38.8. The molecule has 0 bridgehead atoms. The number of nitrogens with two attached hydrogens (primary N) is 2. The van der Waals surface area contributed by atoms with Gasteiger partial charge in [0.05, 0.1) is 23.5 Å². The highest BCUT2D eigenvalue weighted by molar-refractivity contribution is 6.31. The topological polar surface area (TPSA) is 117 Å². The number of carbonyl (C=O) groups is 1. The van der Waals surface area contributed by atoms with Crippen LogP contribution in [0.15, 0.2) is 35.2 Å². The van der Waals surface area contributed by atoms with Crippen molar-refractivity contribution in [3.8, 4) is 17.0 Å². The molecule has 0 saturated heterocycles. The van der Waals surface area contributed by atoms with Crippen molar-refractivity contribution in [2.24, 2.45) is 11.5 Å². The summed E-state index contributed by atoms with van der Waals surface area (Å²) in [5, 5.41) is 3.53. The number of fused-ring (bicyclic) bond motifs is 1. The van der Waals surface area contributed by atoms with Crippen LogP contribution in [0.1, 0.15) is 35.6 Å². The number of amides is 1. The Kier molecular flexibility index (Phi) is 6.63. The Morgan fingerprint density at radius 3 is 2.70 bits per heavy atom. The summed E-state index contributed by atoms with van der Waals surface area (Å²) >= 11 is 5.88. The molecule has 3 aromatic rings. The highest BCUT2D eigenvalue weighted by Crippen LogP contribution is 2.43. The van der Waals surface area contributed by atoms with E-state index < -0.39 is 11.6 Å². The van der Waals surface area contributed by atoms with Crippen molar-refractivity contribution >= 4 is 18.0 Å². The summed E-state index contributed by atoms with van der Waals surface area (Å²) in [5.41, 5.74) is 12.8. The van der Waals surface area contributed by atoms with Gasteiger partial charge in [-0.3, -0.25) is 4.79 Å². The van der Waals surface area contributed by atoms with Gasteiger partial charge in [0, 0.05) is 41.1 Å². The fraction of sp³-hybridized carbons (Fsp3) is 0.250. The van der Waals surface area contributed by atoms with Crippen molar-refractivity contribution in [2.75, 3.05) is 13.2 Å². The zero-order valence-corrected chi connectivity index (χ0v) is 16.7. The lowest BCUT2D eigenvalue weighted by molar-refractivity contribution is -0.106. The van der Waals surface area contributed by atoms with Gasteiger partial charge in [-0.25, -0.2) is 13.8 Å². The number of benzene rings is 1. The first-order valence-electron chi connectivity index (χ1n) is 8.98. The second-order valence-corrected chi connectivity index (χ2v) is 7.06. The molecule has 0 fully saturated rings. The van der Waals surface area contributed by atoms with E-state index in [0.29, 0.717) is 18.1 Å². The number of rotatable bonds is 4. The van der Waals surface area contributed by atoms with Crippen LogP contribution in [0.2, 0.25) is 5.02 Å². The van der Waals surface area contributed by atoms with Crippen molar-refractivity contribution in [3.63, 3.8) is 0 Å². The molecule has 10 heteroatoms. The molecule has 2 aromatic heterocycles. The molecule has 7 nitrogen and oxygen atoms in total. The molecule has 2 atom stereocenters. The Labute approximate surface area is 176 Å². The zero-order chi connectivity index (χ0) is 21.8. The molecule has 158 valence electrons. The Hall–Kier alpha value is -3.04. The summed E-state index contributed by atoms with van der Waals surface area (Å²) in [5.74, 6) is -1.30.